The second kappa shape index (κ2) is 7.07. The van der Waals surface area contributed by atoms with Crippen molar-refractivity contribution in [2.24, 2.45) is 0 Å². The third kappa shape index (κ3) is 4.47. The Bertz CT molecular complexity index is 578. The van der Waals surface area contributed by atoms with Crippen LogP contribution in [0, 0.1) is 6.92 Å². The summed E-state index contributed by atoms with van der Waals surface area (Å²) in [6.45, 7) is 2.01. The topological polar surface area (TPSA) is 37.3 Å². The van der Waals surface area contributed by atoms with Gasteiger partial charge < -0.3 is 5.11 Å². The van der Waals surface area contributed by atoms with Crippen molar-refractivity contribution in [3.8, 4) is 0 Å². The summed E-state index contributed by atoms with van der Waals surface area (Å²) >= 11 is 4.51. The van der Waals surface area contributed by atoms with E-state index in [0.717, 1.165) is 20.5 Å². The quantitative estimate of drug-likeness (QED) is 0.824. The Kier molecular flexibility index (Phi) is 5.40. The van der Waals surface area contributed by atoms with E-state index in [4.69, 9.17) is 0 Å². The minimum Gasteiger partial charge on any atom is -0.388 e. The van der Waals surface area contributed by atoms with Crippen LogP contribution in [-0.2, 0) is 4.79 Å². The lowest BCUT2D eigenvalue weighted by Gasteiger charge is -2.10. The van der Waals surface area contributed by atoms with Gasteiger partial charge in [0, 0.05) is 15.8 Å². The third-order valence-corrected chi connectivity index (χ3v) is 4.30. The van der Waals surface area contributed by atoms with Crippen LogP contribution in [0.3, 0.4) is 0 Å². The Balaban J connectivity index is 1.93. The molecule has 1 atom stereocenters. The number of halogens is 1. The van der Waals surface area contributed by atoms with Gasteiger partial charge in [0.05, 0.1) is 6.10 Å². The Morgan fingerprint density at radius 3 is 2.35 bits per heavy atom. The highest BCUT2D eigenvalue weighted by Gasteiger charge is 2.14. The molecule has 0 heterocycles. The lowest BCUT2D eigenvalue weighted by Crippen LogP contribution is -2.03. The Morgan fingerprint density at radius 2 is 1.75 bits per heavy atom. The molecule has 0 aliphatic heterocycles. The number of benzene rings is 2. The molecule has 0 aromatic heterocycles. The average molecular weight is 351 g/mol. The van der Waals surface area contributed by atoms with Gasteiger partial charge in [-0.15, -0.1) is 0 Å². The fourth-order valence-corrected chi connectivity index (χ4v) is 2.78. The molecule has 0 amide bonds. The number of aliphatic hydroxyl groups is 1. The molecule has 0 saturated carbocycles. The minimum atomic E-state index is -0.756. The third-order valence-electron chi connectivity index (χ3n) is 2.87. The number of aryl methyl sites for hydroxylation is 1. The summed E-state index contributed by atoms with van der Waals surface area (Å²) in [7, 11) is 0. The maximum Gasteiger partial charge on any atom is 0.196 e. The zero-order chi connectivity index (χ0) is 14.5. The van der Waals surface area contributed by atoms with E-state index in [9.17, 15) is 9.90 Å². The van der Waals surface area contributed by atoms with Crippen molar-refractivity contribution < 1.29 is 9.90 Å². The van der Waals surface area contributed by atoms with Gasteiger partial charge in [0.2, 0.25) is 0 Å². The molecule has 2 nitrogen and oxygen atoms in total. The normalized spacial score (nSPS) is 12.2. The van der Waals surface area contributed by atoms with Gasteiger partial charge >= 0.3 is 0 Å². The van der Waals surface area contributed by atoms with Gasteiger partial charge in [-0.3, -0.25) is 4.79 Å². The van der Waals surface area contributed by atoms with E-state index in [1.54, 1.807) is 0 Å². The molecule has 1 N–H and O–H groups in total. The summed E-state index contributed by atoms with van der Waals surface area (Å²) in [4.78, 5) is 12.8. The monoisotopic (exact) mass is 350 g/mol. The summed E-state index contributed by atoms with van der Waals surface area (Å²) in [5.41, 5.74) is 1.92. The van der Waals surface area contributed by atoms with Gasteiger partial charge in [-0.25, -0.2) is 0 Å². The number of hydrogen-bond acceptors (Lipinski definition) is 3. The highest BCUT2D eigenvalue weighted by Crippen LogP contribution is 2.26. The van der Waals surface area contributed by atoms with Crippen LogP contribution >= 0.6 is 27.7 Å². The molecule has 0 bridgehead atoms. The summed E-state index contributed by atoms with van der Waals surface area (Å²) in [6.07, 6.45) is -0.645. The predicted molar refractivity (Wildman–Crippen MR) is 85.8 cm³/mol. The molecule has 4 heteroatoms. The van der Waals surface area contributed by atoms with E-state index in [1.165, 1.54) is 11.8 Å². The number of aliphatic hydroxyl groups excluding tert-OH is 1. The molecule has 2 rings (SSSR count). The largest absolute Gasteiger partial charge is 0.388 e. The molecule has 2 aromatic carbocycles. The second-order valence-corrected chi connectivity index (χ2v) is 6.61. The van der Waals surface area contributed by atoms with E-state index in [0.29, 0.717) is 0 Å². The summed E-state index contributed by atoms with van der Waals surface area (Å²) in [5, 5.41) is 10.0. The van der Waals surface area contributed by atoms with E-state index < -0.39 is 6.10 Å². The first-order valence-corrected chi connectivity index (χ1v) is 7.86. The van der Waals surface area contributed by atoms with Crippen LogP contribution in [0.5, 0.6) is 0 Å². The van der Waals surface area contributed by atoms with Gasteiger partial charge in [0.1, 0.15) is 0 Å². The van der Waals surface area contributed by atoms with Gasteiger partial charge in [0.25, 0.3) is 0 Å². The predicted octanol–water partition coefficient (Wildman–Crippen LogP) is 4.50. The summed E-state index contributed by atoms with van der Waals surface area (Å²) in [5.74, 6) is 0. The van der Waals surface area contributed by atoms with Gasteiger partial charge in [-0.1, -0.05) is 57.5 Å². The first kappa shape index (κ1) is 15.3. The van der Waals surface area contributed by atoms with Gasteiger partial charge in [-0.2, -0.15) is 0 Å². The zero-order valence-corrected chi connectivity index (χ0v) is 13.4. The van der Waals surface area contributed by atoms with E-state index in [2.05, 4.69) is 15.9 Å². The Morgan fingerprint density at radius 1 is 1.15 bits per heavy atom. The standard InChI is InChI=1S/C16H15BrO2S/c1-11-2-8-14(9-3-11)20-16(19)10-15(18)12-4-6-13(17)7-5-12/h2-9,15,18H,10H2,1H3/t15-/m1/s1. The number of thioether (sulfide) groups is 1. The summed E-state index contributed by atoms with van der Waals surface area (Å²) < 4.78 is 0.953. The van der Waals surface area contributed by atoms with Crippen molar-refractivity contribution in [3.05, 3.63) is 64.1 Å². The molecule has 0 radical (unpaired) electrons. The maximum atomic E-state index is 11.9. The van der Waals surface area contributed by atoms with E-state index in [-0.39, 0.29) is 11.5 Å². The second-order valence-electron chi connectivity index (χ2n) is 4.56. The van der Waals surface area contributed by atoms with Gasteiger partial charge in [-0.05, 0) is 36.8 Å². The smallest absolute Gasteiger partial charge is 0.196 e. The van der Waals surface area contributed by atoms with Crippen LogP contribution in [-0.4, -0.2) is 10.2 Å². The first-order chi connectivity index (χ1) is 9.54. The van der Waals surface area contributed by atoms with E-state index in [1.807, 2.05) is 55.5 Å². The molecule has 104 valence electrons. The number of carbonyl (C=O) groups excluding carboxylic acids is 1. The molecular weight excluding hydrogens is 336 g/mol. The number of carbonyl (C=O) groups is 1. The first-order valence-electron chi connectivity index (χ1n) is 6.25. The van der Waals surface area contributed by atoms with Crippen molar-refractivity contribution in [2.75, 3.05) is 0 Å². The molecule has 0 aliphatic carbocycles. The number of hydrogen-bond donors (Lipinski definition) is 1. The Hall–Kier alpha value is -1.10. The lowest BCUT2D eigenvalue weighted by atomic mass is 10.1. The summed E-state index contributed by atoms with van der Waals surface area (Å²) in [6, 6.07) is 15.1. The highest BCUT2D eigenvalue weighted by molar-refractivity contribution is 9.10. The Labute approximate surface area is 131 Å². The van der Waals surface area contributed by atoms with E-state index >= 15 is 0 Å². The molecule has 0 saturated heterocycles. The number of rotatable bonds is 4. The van der Waals surface area contributed by atoms with Crippen LogP contribution < -0.4 is 0 Å². The maximum absolute atomic E-state index is 11.9. The minimum absolute atomic E-state index is 0.0377. The van der Waals surface area contributed by atoms with Crippen LogP contribution in [0.1, 0.15) is 23.7 Å². The molecule has 20 heavy (non-hydrogen) atoms. The van der Waals surface area contributed by atoms with Crippen LogP contribution in [0.2, 0.25) is 0 Å². The molecular formula is C16H15BrO2S. The SMILES string of the molecule is Cc1ccc(SC(=O)C[C@@H](O)c2ccc(Br)cc2)cc1. The van der Waals surface area contributed by atoms with Crippen LogP contribution in [0.4, 0.5) is 0 Å². The van der Waals surface area contributed by atoms with Crippen LogP contribution in [0.25, 0.3) is 0 Å². The zero-order valence-electron chi connectivity index (χ0n) is 11.0. The van der Waals surface area contributed by atoms with Gasteiger partial charge in [0.15, 0.2) is 5.12 Å². The van der Waals surface area contributed by atoms with Crippen molar-refractivity contribution in [1.82, 2.24) is 0 Å². The molecule has 2 aromatic rings. The molecule has 0 aliphatic rings. The van der Waals surface area contributed by atoms with Crippen LogP contribution in [0.15, 0.2) is 57.9 Å². The lowest BCUT2D eigenvalue weighted by molar-refractivity contribution is -0.112. The molecule has 0 unspecified atom stereocenters. The molecule has 0 spiro atoms. The van der Waals surface area contributed by atoms with Crippen molar-refractivity contribution >= 4 is 32.8 Å². The van der Waals surface area contributed by atoms with Crippen molar-refractivity contribution in [2.45, 2.75) is 24.3 Å². The fraction of sp³-hybridized carbons (Fsp3) is 0.188. The molecule has 0 fully saturated rings. The van der Waals surface area contributed by atoms with Crippen molar-refractivity contribution in [3.63, 3.8) is 0 Å². The van der Waals surface area contributed by atoms with Crippen molar-refractivity contribution in [1.29, 1.82) is 0 Å². The average Bonchev–Trinajstić information content (AvgIpc) is 2.42. The fourth-order valence-electron chi connectivity index (χ4n) is 1.74. The highest BCUT2D eigenvalue weighted by atomic mass is 79.9.